The smallest absolute Gasteiger partial charge is 0.0105 e. The minimum Gasteiger partial charge on any atom is -0.0776 e. The molecule has 0 aromatic heterocycles. The highest BCUT2D eigenvalue weighted by Crippen LogP contribution is 2.24. The van der Waals surface area contributed by atoms with E-state index in [2.05, 4.69) is 109 Å². The van der Waals surface area contributed by atoms with Crippen molar-refractivity contribution in [2.75, 3.05) is 0 Å². The van der Waals surface area contributed by atoms with Gasteiger partial charge in [0, 0.05) is 0 Å². The molecule has 0 spiro atoms. The van der Waals surface area contributed by atoms with Gasteiger partial charge in [0.2, 0.25) is 0 Å². The van der Waals surface area contributed by atoms with Crippen LogP contribution in [-0.4, -0.2) is 0 Å². The van der Waals surface area contributed by atoms with Crippen LogP contribution in [0.2, 0.25) is 0 Å². The van der Waals surface area contributed by atoms with Gasteiger partial charge in [0.05, 0.1) is 0 Å². The van der Waals surface area contributed by atoms with E-state index in [1.807, 2.05) is 0 Å². The summed E-state index contributed by atoms with van der Waals surface area (Å²) in [6.07, 6.45) is 0. The third-order valence-electron chi connectivity index (χ3n) is 4.31. The van der Waals surface area contributed by atoms with Crippen LogP contribution in [0.5, 0.6) is 0 Å². The van der Waals surface area contributed by atoms with Crippen molar-refractivity contribution in [2.45, 2.75) is 7.43 Å². The highest BCUT2D eigenvalue weighted by atomic mass is 14.0. The Kier molecular flexibility index (Phi) is 5.11. The van der Waals surface area contributed by atoms with Gasteiger partial charge in [-0.2, -0.15) is 0 Å². The van der Waals surface area contributed by atoms with Crippen molar-refractivity contribution in [3.8, 4) is 0 Å². The van der Waals surface area contributed by atoms with Crippen molar-refractivity contribution in [2.24, 2.45) is 0 Å². The monoisotopic (exact) mass is 322 g/mol. The first-order valence-corrected chi connectivity index (χ1v) is 8.22. The average molecular weight is 322 g/mol. The van der Waals surface area contributed by atoms with Gasteiger partial charge in [-0.15, -0.1) is 0 Å². The largest absolute Gasteiger partial charge is 0.0776 e. The molecule has 0 saturated heterocycles. The maximum Gasteiger partial charge on any atom is -0.0105 e. The minimum absolute atomic E-state index is 0. The predicted molar refractivity (Wildman–Crippen MR) is 112 cm³/mol. The average Bonchev–Trinajstić information content (AvgIpc) is 2.68. The van der Waals surface area contributed by atoms with Crippen LogP contribution in [0.1, 0.15) is 7.43 Å². The molecule has 0 atom stereocenters. The Morgan fingerprint density at radius 2 is 0.560 bits per heavy atom. The molecular formula is C25H22. The van der Waals surface area contributed by atoms with Crippen LogP contribution >= 0.6 is 0 Å². The predicted octanol–water partition coefficient (Wildman–Crippen LogP) is 7.47. The molecular weight excluding hydrogens is 300 g/mol. The van der Waals surface area contributed by atoms with Crippen molar-refractivity contribution in [3.63, 3.8) is 0 Å². The first kappa shape index (κ1) is 16.7. The van der Waals surface area contributed by atoms with Crippen molar-refractivity contribution in [3.05, 3.63) is 109 Å². The minimum atomic E-state index is 0. The Bertz CT molecular complexity index is 986. The summed E-state index contributed by atoms with van der Waals surface area (Å²) in [7, 11) is 0. The molecule has 0 aliphatic rings. The van der Waals surface area contributed by atoms with Crippen LogP contribution in [0.15, 0.2) is 109 Å². The van der Waals surface area contributed by atoms with Gasteiger partial charge in [-0.25, -0.2) is 0 Å². The number of fused-ring (bicyclic) bond motifs is 4. The highest BCUT2D eigenvalue weighted by molar-refractivity contribution is 6.07. The number of hydrogen-bond donors (Lipinski definition) is 0. The van der Waals surface area contributed by atoms with Crippen molar-refractivity contribution in [1.82, 2.24) is 0 Å². The van der Waals surface area contributed by atoms with Crippen LogP contribution in [-0.2, 0) is 0 Å². The van der Waals surface area contributed by atoms with Crippen LogP contribution in [0, 0.1) is 0 Å². The maximum absolute atomic E-state index is 2.18. The van der Waals surface area contributed by atoms with E-state index in [1.54, 1.807) is 0 Å². The summed E-state index contributed by atoms with van der Waals surface area (Å²) in [6.45, 7) is 0. The SMILES string of the molecule is C.c1ccc2c(c1)ccc1ccccc12.c1ccc2ccccc2c1. The summed E-state index contributed by atoms with van der Waals surface area (Å²) in [5.74, 6) is 0. The molecule has 0 heteroatoms. The van der Waals surface area contributed by atoms with Gasteiger partial charge < -0.3 is 0 Å². The second-order valence-corrected chi connectivity index (χ2v) is 5.85. The van der Waals surface area contributed by atoms with Crippen LogP contribution in [0.25, 0.3) is 32.3 Å². The van der Waals surface area contributed by atoms with Crippen molar-refractivity contribution < 1.29 is 0 Å². The van der Waals surface area contributed by atoms with Gasteiger partial charge in [-0.1, -0.05) is 117 Å². The summed E-state index contributed by atoms with van der Waals surface area (Å²) in [5.41, 5.74) is 0. The number of rotatable bonds is 0. The van der Waals surface area contributed by atoms with E-state index in [1.165, 1.54) is 32.3 Å². The fourth-order valence-electron chi connectivity index (χ4n) is 3.09. The normalized spacial score (nSPS) is 10.1. The fourth-order valence-corrected chi connectivity index (χ4v) is 3.09. The standard InChI is InChI=1S/C14H10.C10H8.CH4/c1-3-7-13-11(5-1)9-10-12-6-2-4-8-14(12)13;1-2-6-10-8-4-3-7-9(10)5-1;/h1-10H;1-8H;1H4. The lowest BCUT2D eigenvalue weighted by molar-refractivity contribution is 1.75. The van der Waals surface area contributed by atoms with E-state index in [0.717, 1.165) is 0 Å². The third kappa shape index (κ3) is 3.54. The Hall–Kier alpha value is -3.12. The zero-order chi connectivity index (χ0) is 16.2. The first-order valence-electron chi connectivity index (χ1n) is 8.22. The molecule has 0 saturated carbocycles. The van der Waals surface area contributed by atoms with Crippen molar-refractivity contribution in [1.29, 1.82) is 0 Å². The molecule has 0 heterocycles. The van der Waals surface area contributed by atoms with Gasteiger partial charge in [-0.05, 0) is 32.3 Å². The van der Waals surface area contributed by atoms with E-state index >= 15 is 0 Å². The van der Waals surface area contributed by atoms with E-state index in [9.17, 15) is 0 Å². The summed E-state index contributed by atoms with van der Waals surface area (Å²) < 4.78 is 0. The van der Waals surface area contributed by atoms with Crippen LogP contribution in [0.4, 0.5) is 0 Å². The summed E-state index contributed by atoms with van der Waals surface area (Å²) in [4.78, 5) is 0. The number of benzene rings is 5. The first-order chi connectivity index (χ1) is 11.9. The summed E-state index contributed by atoms with van der Waals surface area (Å²) in [6, 6.07) is 38.1. The summed E-state index contributed by atoms with van der Waals surface area (Å²) >= 11 is 0. The van der Waals surface area contributed by atoms with Gasteiger partial charge >= 0.3 is 0 Å². The molecule has 0 unspecified atom stereocenters. The Morgan fingerprint density at radius 3 is 0.920 bits per heavy atom. The van der Waals surface area contributed by atoms with Crippen LogP contribution < -0.4 is 0 Å². The molecule has 0 fully saturated rings. The molecule has 5 aromatic rings. The quantitative estimate of drug-likeness (QED) is 0.259. The molecule has 122 valence electrons. The Morgan fingerprint density at radius 1 is 0.280 bits per heavy atom. The third-order valence-corrected chi connectivity index (χ3v) is 4.31. The molecule has 5 aromatic carbocycles. The van der Waals surface area contributed by atoms with E-state index in [-0.39, 0.29) is 7.43 Å². The topological polar surface area (TPSA) is 0 Å². The second-order valence-electron chi connectivity index (χ2n) is 5.85. The molecule has 25 heavy (non-hydrogen) atoms. The second kappa shape index (κ2) is 7.63. The molecule has 0 nitrogen and oxygen atoms in total. The zero-order valence-corrected chi connectivity index (χ0v) is 13.4. The van der Waals surface area contributed by atoms with Gasteiger partial charge in [-0.3, -0.25) is 0 Å². The van der Waals surface area contributed by atoms with Gasteiger partial charge in [0.15, 0.2) is 0 Å². The van der Waals surface area contributed by atoms with Gasteiger partial charge in [0.1, 0.15) is 0 Å². The Balaban J connectivity index is 0.000000148. The highest BCUT2D eigenvalue weighted by Gasteiger charge is 1.97. The van der Waals surface area contributed by atoms with E-state index < -0.39 is 0 Å². The molecule has 0 amide bonds. The maximum atomic E-state index is 2.18. The molecule has 0 aliphatic carbocycles. The van der Waals surface area contributed by atoms with Crippen molar-refractivity contribution >= 4 is 32.3 Å². The lowest BCUT2D eigenvalue weighted by Crippen LogP contribution is -1.75. The van der Waals surface area contributed by atoms with Crippen LogP contribution in [0.3, 0.4) is 0 Å². The fraction of sp³-hybridized carbons (Fsp3) is 0.0400. The molecule has 0 N–H and O–H groups in total. The van der Waals surface area contributed by atoms with Gasteiger partial charge in [0.25, 0.3) is 0 Å². The molecule has 0 radical (unpaired) electrons. The van der Waals surface area contributed by atoms with E-state index in [0.29, 0.717) is 0 Å². The molecule has 5 rings (SSSR count). The molecule has 0 aliphatic heterocycles. The summed E-state index contributed by atoms with van der Waals surface area (Å²) in [5, 5.41) is 7.92. The van der Waals surface area contributed by atoms with E-state index in [4.69, 9.17) is 0 Å². The number of hydrogen-bond acceptors (Lipinski definition) is 0. The lowest BCUT2D eigenvalue weighted by atomic mass is 10.0. The Labute approximate surface area is 149 Å². The molecule has 0 bridgehead atoms. The zero-order valence-electron chi connectivity index (χ0n) is 13.4. The lowest BCUT2D eigenvalue weighted by Gasteiger charge is -2.02.